The van der Waals surface area contributed by atoms with Crippen LogP contribution in [0, 0.1) is 10.1 Å². The van der Waals surface area contributed by atoms with Crippen molar-refractivity contribution in [1.29, 1.82) is 0 Å². The van der Waals surface area contributed by atoms with Gasteiger partial charge in [-0.05, 0) is 24.3 Å². The predicted molar refractivity (Wildman–Crippen MR) is 100 cm³/mol. The standard InChI is InChI=1S/C14H20N4O7S2.Na/c1-3-7-26-10-4-5-12(18(20)21)11(9-10)16-13(17-14(19)25-2)15-6-8-27(22,23)24;/h4-5,9H,3,6-8H2,1-2H3,(H,22,23,24)(H2,15,16,17,19);/q;+1/p-1. The van der Waals surface area contributed by atoms with Gasteiger partial charge < -0.3 is 14.6 Å². The predicted octanol–water partition coefficient (Wildman–Crippen LogP) is -1.23. The zero-order valence-corrected chi connectivity index (χ0v) is 19.3. The first-order valence-electron chi connectivity index (χ1n) is 7.67. The van der Waals surface area contributed by atoms with Crippen LogP contribution in [0.25, 0.3) is 0 Å². The van der Waals surface area contributed by atoms with Crippen LogP contribution >= 0.6 is 11.8 Å². The molecule has 0 aliphatic rings. The molecule has 150 valence electrons. The molecule has 1 aromatic rings. The SMILES string of the molecule is CCCSc1ccc([N+](=O)[O-])c(NC(=NCCS(=O)(=O)[O-])NC(=O)OC)c1.[Na+]. The van der Waals surface area contributed by atoms with Gasteiger partial charge in [0.2, 0.25) is 5.96 Å². The molecule has 0 atom stereocenters. The number of ether oxygens (including phenoxy) is 1. The van der Waals surface area contributed by atoms with Crippen LogP contribution in [0.2, 0.25) is 0 Å². The normalized spacial score (nSPS) is 11.3. The maximum Gasteiger partial charge on any atom is 1.00 e. The van der Waals surface area contributed by atoms with E-state index in [4.69, 9.17) is 0 Å². The van der Waals surface area contributed by atoms with E-state index in [9.17, 15) is 27.9 Å². The van der Waals surface area contributed by atoms with E-state index in [1.807, 2.05) is 6.92 Å². The fourth-order valence-electron chi connectivity index (χ4n) is 1.74. The second-order valence-electron chi connectivity index (χ2n) is 5.02. The van der Waals surface area contributed by atoms with Crippen LogP contribution in [0.4, 0.5) is 16.2 Å². The van der Waals surface area contributed by atoms with E-state index in [2.05, 4.69) is 20.4 Å². The van der Waals surface area contributed by atoms with E-state index in [-0.39, 0.29) is 46.9 Å². The van der Waals surface area contributed by atoms with Crippen molar-refractivity contribution in [1.82, 2.24) is 5.32 Å². The fraction of sp³-hybridized carbons (Fsp3) is 0.429. The molecule has 1 amide bonds. The Morgan fingerprint density at radius 3 is 2.61 bits per heavy atom. The zero-order valence-electron chi connectivity index (χ0n) is 15.6. The van der Waals surface area contributed by atoms with Crippen LogP contribution in [0.3, 0.4) is 0 Å². The van der Waals surface area contributed by atoms with Gasteiger partial charge in [-0.25, -0.2) is 13.2 Å². The van der Waals surface area contributed by atoms with E-state index >= 15 is 0 Å². The number of thioether (sulfide) groups is 1. The van der Waals surface area contributed by atoms with Crippen LogP contribution in [0.1, 0.15) is 13.3 Å². The third-order valence-corrected chi connectivity index (χ3v) is 4.79. The third kappa shape index (κ3) is 10.2. The molecule has 1 aromatic carbocycles. The molecular formula is C14H19N4NaO7S2. The molecule has 0 saturated carbocycles. The minimum atomic E-state index is -4.51. The Labute approximate surface area is 188 Å². The molecule has 0 saturated heterocycles. The van der Waals surface area contributed by atoms with Gasteiger partial charge >= 0.3 is 35.7 Å². The van der Waals surface area contributed by atoms with Gasteiger partial charge in [0.05, 0.1) is 34.4 Å². The van der Waals surface area contributed by atoms with Crippen molar-refractivity contribution in [3.8, 4) is 0 Å². The molecule has 0 bridgehead atoms. The second-order valence-corrected chi connectivity index (χ2v) is 7.71. The van der Waals surface area contributed by atoms with Crippen LogP contribution in [-0.4, -0.2) is 55.1 Å². The number of nitro groups is 1. The Kier molecular flexibility index (Phi) is 12.3. The summed E-state index contributed by atoms with van der Waals surface area (Å²) in [5.74, 6) is -0.276. The quantitative estimate of drug-likeness (QED) is 0.0954. The van der Waals surface area contributed by atoms with Crippen molar-refractivity contribution >= 4 is 45.3 Å². The van der Waals surface area contributed by atoms with Crippen molar-refractivity contribution in [3.63, 3.8) is 0 Å². The number of aliphatic imine (C=N–C) groups is 1. The van der Waals surface area contributed by atoms with Gasteiger partial charge in [-0.3, -0.25) is 20.4 Å². The summed E-state index contributed by atoms with van der Waals surface area (Å²) < 4.78 is 36.5. The minimum absolute atomic E-state index is 0. The van der Waals surface area contributed by atoms with Crippen molar-refractivity contribution in [2.24, 2.45) is 4.99 Å². The van der Waals surface area contributed by atoms with Gasteiger partial charge in [0, 0.05) is 11.0 Å². The molecule has 11 nitrogen and oxygen atoms in total. The molecule has 0 spiro atoms. The molecule has 0 radical (unpaired) electrons. The summed E-state index contributed by atoms with van der Waals surface area (Å²) in [6.07, 6.45) is -0.0181. The number of benzene rings is 1. The zero-order chi connectivity index (χ0) is 20.4. The Hall–Kier alpha value is -1.38. The number of guanidine groups is 1. The Balaban J connectivity index is 0.00000729. The average molecular weight is 442 g/mol. The molecule has 0 fully saturated rings. The van der Waals surface area contributed by atoms with Crippen LogP contribution in [0.5, 0.6) is 0 Å². The molecule has 0 aromatic heterocycles. The average Bonchev–Trinajstić information content (AvgIpc) is 2.58. The largest absolute Gasteiger partial charge is 1.00 e. The van der Waals surface area contributed by atoms with E-state index in [0.717, 1.165) is 24.2 Å². The fourth-order valence-corrected chi connectivity index (χ4v) is 2.86. The number of amides is 1. The summed E-state index contributed by atoms with van der Waals surface area (Å²) in [6, 6.07) is 4.41. The summed E-state index contributed by atoms with van der Waals surface area (Å²) in [4.78, 5) is 26.6. The number of carbonyl (C=O) groups is 1. The maximum atomic E-state index is 11.4. The summed E-state index contributed by atoms with van der Waals surface area (Å²) >= 11 is 1.49. The van der Waals surface area contributed by atoms with E-state index in [1.165, 1.54) is 23.9 Å². The number of nitro benzene ring substituents is 1. The van der Waals surface area contributed by atoms with Gasteiger partial charge in [-0.1, -0.05) is 6.92 Å². The monoisotopic (exact) mass is 442 g/mol. The Morgan fingerprint density at radius 1 is 1.39 bits per heavy atom. The topological polar surface area (TPSA) is 163 Å². The Morgan fingerprint density at radius 2 is 2.07 bits per heavy atom. The van der Waals surface area contributed by atoms with E-state index in [1.54, 1.807) is 6.07 Å². The van der Waals surface area contributed by atoms with Gasteiger partial charge in [0.1, 0.15) is 5.69 Å². The first-order valence-corrected chi connectivity index (χ1v) is 10.2. The first kappa shape index (κ1) is 26.6. The second kappa shape index (κ2) is 13.0. The van der Waals surface area contributed by atoms with Gasteiger partial charge in [-0.2, -0.15) is 0 Å². The smallest absolute Gasteiger partial charge is 0.748 e. The number of anilines is 1. The van der Waals surface area contributed by atoms with Gasteiger partial charge in [0.15, 0.2) is 0 Å². The van der Waals surface area contributed by atoms with Crippen LogP contribution in [-0.2, 0) is 14.9 Å². The first-order chi connectivity index (χ1) is 12.7. The van der Waals surface area contributed by atoms with Gasteiger partial charge in [0.25, 0.3) is 5.69 Å². The number of alkyl carbamates (subject to hydrolysis) is 1. The summed E-state index contributed by atoms with van der Waals surface area (Å²) in [5, 5.41) is 16.0. The number of nitrogens with one attached hydrogen (secondary N) is 2. The molecule has 14 heteroatoms. The summed E-state index contributed by atoms with van der Waals surface area (Å²) in [5.41, 5.74) is -0.229. The number of hydrogen-bond donors (Lipinski definition) is 2. The molecule has 0 aliphatic heterocycles. The minimum Gasteiger partial charge on any atom is -0.748 e. The van der Waals surface area contributed by atoms with Crippen LogP contribution in [0.15, 0.2) is 28.1 Å². The number of hydrogen-bond acceptors (Lipinski definition) is 9. The van der Waals surface area contributed by atoms with E-state index < -0.39 is 33.4 Å². The molecule has 0 heterocycles. The number of nitrogens with zero attached hydrogens (tertiary/aromatic N) is 2. The van der Waals surface area contributed by atoms with Crippen LogP contribution < -0.4 is 40.2 Å². The Bertz CT molecular complexity index is 818. The van der Waals surface area contributed by atoms with Crippen molar-refractivity contribution < 1.29 is 57.0 Å². The van der Waals surface area contributed by atoms with Crippen molar-refractivity contribution in [2.45, 2.75) is 18.2 Å². The molecule has 1 rings (SSSR count). The van der Waals surface area contributed by atoms with E-state index in [0.29, 0.717) is 0 Å². The molecule has 0 unspecified atom stereocenters. The maximum absolute atomic E-state index is 11.4. The summed E-state index contributed by atoms with van der Waals surface area (Å²) in [6.45, 7) is 1.54. The van der Waals surface area contributed by atoms with Crippen molar-refractivity contribution in [3.05, 3.63) is 28.3 Å². The molecule has 2 N–H and O–H groups in total. The molecule has 28 heavy (non-hydrogen) atoms. The van der Waals surface area contributed by atoms with Gasteiger partial charge in [-0.15, -0.1) is 11.8 Å². The molecule has 0 aliphatic carbocycles. The molecular weight excluding hydrogens is 423 g/mol. The number of rotatable bonds is 8. The summed E-state index contributed by atoms with van der Waals surface area (Å²) in [7, 11) is -3.41. The van der Waals surface area contributed by atoms with Crippen molar-refractivity contribution in [2.75, 3.05) is 30.5 Å². The number of carbonyl (C=O) groups excluding carboxylic acids is 1. The number of methoxy groups -OCH3 is 1. The third-order valence-electron chi connectivity index (χ3n) is 2.91.